The molecule has 1 aromatic rings. The molecule has 0 aliphatic rings. The number of methoxy groups -OCH3 is 1. The first-order valence-corrected chi connectivity index (χ1v) is 4.15. The summed E-state index contributed by atoms with van der Waals surface area (Å²) in [7, 11) is 1.26. The Bertz CT molecular complexity index is 352. The predicted octanol–water partition coefficient (Wildman–Crippen LogP) is 1.31. The van der Waals surface area contributed by atoms with Crippen molar-refractivity contribution >= 4 is 5.97 Å². The fourth-order valence-electron chi connectivity index (χ4n) is 1.12. The van der Waals surface area contributed by atoms with Crippen molar-refractivity contribution in [3.8, 4) is 0 Å². The fourth-order valence-corrected chi connectivity index (χ4v) is 1.12. The maximum Gasteiger partial charge on any atom is 0.327 e. The molecule has 0 spiro atoms. The molecule has 0 aliphatic heterocycles. The lowest BCUT2D eigenvalue weighted by molar-refractivity contribution is -0.142. The smallest absolute Gasteiger partial charge is 0.327 e. The van der Waals surface area contributed by atoms with E-state index in [1.54, 1.807) is 6.92 Å². The topological polar surface area (TPSA) is 52.3 Å². The molecular formula is C10H12FNO2. The van der Waals surface area contributed by atoms with Gasteiger partial charge >= 0.3 is 5.97 Å². The molecule has 0 amide bonds. The molecule has 0 aliphatic carbocycles. The molecule has 1 atom stereocenters. The van der Waals surface area contributed by atoms with Crippen LogP contribution in [0.3, 0.4) is 0 Å². The standard InChI is InChI=1S/C10H12FNO2/c1-6-5-7(3-4-8(6)11)9(12)10(13)14-2/h3-5,9H,12H2,1-2H3. The van der Waals surface area contributed by atoms with E-state index in [1.165, 1.54) is 25.3 Å². The molecule has 0 saturated heterocycles. The zero-order valence-electron chi connectivity index (χ0n) is 8.08. The second-order valence-corrected chi connectivity index (χ2v) is 3.01. The summed E-state index contributed by atoms with van der Waals surface area (Å²) in [5.41, 5.74) is 6.58. The quantitative estimate of drug-likeness (QED) is 0.727. The molecule has 1 unspecified atom stereocenters. The number of carbonyl (C=O) groups is 1. The van der Waals surface area contributed by atoms with Crippen LogP contribution in [0.1, 0.15) is 17.2 Å². The van der Waals surface area contributed by atoms with E-state index in [-0.39, 0.29) is 5.82 Å². The van der Waals surface area contributed by atoms with Gasteiger partial charge in [-0.1, -0.05) is 12.1 Å². The maximum atomic E-state index is 12.9. The van der Waals surface area contributed by atoms with E-state index < -0.39 is 12.0 Å². The van der Waals surface area contributed by atoms with Gasteiger partial charge in [0.15, 0.2) is 0 Å². The average molecular weight is 197 g/mol. The summed E-state index contributed by atoms with van der Waals surface area (Å²) in [6.45, 7) is 1.61. The monoisotopic (exact) mass is 197 g/mol. The van der Waals surface area contributed by atoms with Crippen LogP contribution >= 0.6 is 0 Å². The highest BCUT2D eigenvalue weighted by atomic mass is 19.1. The van der Waals surface area contributed by atoms with Gasteiger partial charge in [0.2, 0.25) is 0 Å². The number of esters is 1. The van der Waals surface area contributed by atoms with E-state index in [2.05, 4.69) is 4.74 Å². The van der Waals surface area contributed by atoms with Crippen molar-refractivity contribution < 1.29 is 13.9 Å². The molecule has 4 heteroatoms. The molecule has 3 nitrogen and oxygen atoms in total. The van der Waals surface area contributed by atoms with Gasteiger partial charge in [-0.15, -0.1) is 0 Å². The van der Waals surface area contributed by atoms with Crippen LogP contribution in [0, 0.1) is 12.7 Å². The first-order valence-electron chi connectivity index (χ1n) is 4.15. The van der Waals surface area contributed by atoms with E-state index in [9.17, 15) is 9.18 Å². The highest BCUT2D eigenvalue weighted by Crippen LogP contribution is 2.15. The zero-order valence-corrected chi connectivity index (χ0v) is 8.08. The summed E-state index contributed by atoms with van der Waals surface area (Å²) in [6.07, 6.45) is 0. The Hall–Kier alpha value is -1.42. The highest BCUT2D eigenvalue weighted by molar-refractivity contribution is 5.77. The van der Waals surface area contributed by atoms with Crippen molar-refractivity contribution in [2.45, 2.75) is 13.0 Å². The number of hydrogen-bond acceptors (Lipinski definition) is 3. The lowest BCUT2D eigenvalue weighted by atomic mass is 10.1. The Balaban J connectivity index is 2.96. The minimum atomic E-state index is -0.848. The minimum absolute atomic E-state index is 0.314. The molecule has 0 aromatic heterocycles. The molecule has 14 heavy (non-hydrogen) atoms. The van der Waals surface area contributed by atoms with E-state index in [0.29, 0.717) is 11.1 Å². The Morgan fingerprint density at radius 1 is 1.57 bits per heavy atom. The summed E-state index contributed by atoms with van der Waals surface area (Å²) in [5.74, 6) is -0.846. The van der Waals surface area contributed by atoms with Crippen LogP contribution in [0.4, 0.5) is 4.39 Å². The molecule has 0 heterocycles. The fraction of sp³-hybridized carbons (Fsp3) is 0.300. The molecule has 0 fully saturated rings. The third-order valence-corrected chi connectivity index (χ3v) is 2.00. The van der Waals surface area contributed by atoms with Crippen LogP contribution in [0.2, 0.25) is 0 Å². The lowest BCUT2D eigenvalue weighted by Crippen LogP contribution is -2.22. The van der Waals surface area contributed by atoms with Gasteiger partial charge in [-0.25, -0.2) is 4.39 Å². The van der Waals surface area contributed by atoms with Crippen LogP contribution < -0.4 is 5.73 Å². The number of ether oxygens (including phenoxy) is 1. The Morgan fingerprint density at radius 3 is 2.71 bits per heavy atom. The molecule has 1 rings (SSSR count). The van der Waals surface area contributed by atoms with Gasteiger partial charge in [-0.05, 0) is 24.1 Å². The van der Waals surface area contributed by atoms with Gasteiger partial charge in [0.25, 0.3) is 0 Å². The Morgan fingerprint density at radius 2 is 2.21 bits per heavy atom. The second kappa shape index (κ2) is 4.19. The van der Waals surface area contributed by atoms with E-state index in [4.69, 9.17) is 5.73 Å². The SMILES string of the molecule is COC(=O)C(N)c1ccc(F)c(C)c1. The van der Waals surface area contributed by atoms with E-state index in [0.717, 1.165) is 0 Å². The second-order valence-electron chi connectivity index (χ2n) is 3.01. The summed E-state index contributed by atoms with van der Waals surface area (Å²) in [4.78, 5) is 11.1. The third-order valence-electron chi connectivity index (χ3n) is 2.00. The number of hydrogen-bond donors (Lipinski definition) is 1. The van der Waals surface area contributed by atoms with Gasteiger partial charge in [0, 0.05) is 0 Å². The largest absolute Gasteiger partial charge is 0.468 e. The van der Waals surface area contributed by atoms with Gasteiger partial charge in [-0.3, -0.25) is 4.79 Å². The van der Waals surface area contributed by atoms with Gasteiger partial charge in [-0.2, -0.15) is 0 Å². The lowest BCUT2D eigenvalue weighted by Gasteiger charge is -2.10. The molecule has 0 radical (unpaired) electrons. The molecule has 0 saturated carbocycles. The van der Waals surface area contributed by atoms with Crippen LogP contribution in [0.25, 0.3) is 0 Å². The van der Waals surface area contributed by atoms with Crippen molar-refractivity contribution in [3.63, 3.8) is 0 Å². The molecular weight excluding hydrogens is 185 g/mol. The van der Waals surface area contributed by atoms with Crippen molar-refractivity contribution in [1.82, 2.24) is 0 Å². The molecule has 1 aromatic carbocycles. The third kappa shape index (κ3) is 2.09. The predicted molar refractivity (Wildman–Crippen MR) is 50.1 cm³/mol. The van der Waals surface area contributed by atoms with Crippen molar-refractivity contribution in [3.05, 3.63) is 35.1 Å². The highest BCUT2D eigenvalue weighted by Gasteiger charge is 2.16. The number of rotatable bonds is 2. The van der Waals surface area contributed by atoms with Gasteiger partial charge in [0.05, 0.1) is 7.11 Å². The van der Waals surface area contributed by atoms with Crippen LogP contribution in [-0.4, -0.2) is 13.1 Å². The van der Waals surface area contributed by atoms with Gasteiger partial charge < -0.3 is 10.5 Å². The maximum absolute atomic E-state index is 12.9. The zero-order chi connectivity index (χ0) is 10.7. The summed E-state index contributed by atoms with van der Waals surface area (Å²) >= 11 is 0. The summed E-state index contributed by atoms with van der Waals surface area (Å²) < 4.78 is 17.4. The molecule has 76 valence electrons. The van der Waals surface area contributed by atoms with Gasteiger partial charge in [0.1, 0.15) is 11.9 Å². The summed E-state index contributed by atoms with van der Waals surface area (Å²) in [6, 6.07) is 3.45. The van der Waals surface area contributed by atoms with Crippen LogP contribution in [-0.2, 0) is 9.53 Å². The number of benzene rings is 1. The number of carbonyl (C=O) groups excluding carboxylic acids is 1. The minimum Gasteiger partial charge on any atom is -0.468 e. The van der Waals surface area contributed by atoms with E-state index >= 15 is 0 Å². The summed E-state index contributed by atoms with van der Waals surface area (Å²) in [5, 5.41) is 0. The van der Waals surface area contributed by atoms with Crippen LogP contribution in [0.15, 0.2) is 18.2 Å². The normalized spacial score (nSPS) is 12.3. The first-order chi connectivity index (χ1) is 6.56. The Kier molecular flexibility index (Phi) is 3.19. The molecule has 2 N–H and O–H groups in total. The Labute approximate surface area is 81.7 Å². The van der Waals surface area contributed by atoms with Crippen LogP contribution in [0.5, 0.6) is 0 Å². The number of halogens is 1. The van der Waals surface area contributed by atoms with Crippen molar-refractivity contribution in [1.29, 1.82) is 0 Å². The number of nitrogens with two attached hydrogens (primary N) is 1. The van der Waals surface area contributed by atoms with Crippen molar-refractivity contribution in [2.24, 2.45) is 5.73 Å². The first kappa shape index (κ1) is 10.7. The number of aryl methyl sites for hydroxylation is 1. The average Bonchev–Trinajstić information content (AvgIpc) is 2.20. The molecule has 0 bridgehead atoms. The van der Waals surface area contributed by atoms with Crippen molar-refractivity contribution in [2.75, 3.05) is 7.11 Å². The van der Waals surface area contributed by atoms with E-state index in [1.807, 2.05) is 0 Å².